The third kappa shape index (κ3) is 5.69. The number of rotatable bonds is 10. The summed E-state index contributed by atoms with van der Waals surface area (Å²) in [7, 11) is 0. The molecule has 28 heavy (non-hydrogen) atoms. The summed E-state index contributed by atoms with van der Waals surface area (Å²) in [6.07, 6.45) is 4.36. The van der Waals surface area contributed by atoms with E-state index < -0.39 is 0 Å². The Morgan fingerprint density at radius 1 is 0.821 bits per heavy atom. The summed E-state index contributed by atoms with van der Waals surface area (Å²) in [5.74, 6) is 3.02. The number of hydrogen-bond acceptors (Lipinski definition) is 8. The molecule has 0 saturated heterocycles. The first-order valence-corrected chi connectivity index (χ1v) is 15.5. The van der Waals surface area contributed by atoms with Crippen LogP contribution in [0.25, 0.3) is 0 Å². The van der Waals surface area contributed by atoms with Gasteiger partial charge in [0.15, 0.2) is 0 Å². The van der Waals surface area contributed by atoms with Crippen LogP contribution < -0.4 is 0 Å². The Balaban J connectivity index is 1.89. The summed E-state index contributed by atoms with van der Waals surface area (Å²) in [6.45, 7) is 0.281. The van der Waals surface area contributed by atoms with Gasteiger partial charge in [-0.05, 0) is 34.5 Å². The highest BCUT2D eigenvalue weighted by Crippen LogP contribution is 2.52. The van der Waals surface area contributed by atoms with Crippen LogP contribution in [0.1, 0.15) is 23.0 Å². The van der Waals surface area contributed by atoms with Crippen molar-refractivity contribution in [1.29, 1.82) is 0 Å². The van der Waals surface area contributed by atoms with Crippen LogP contribution in [0.2, 0.25) is 0 Å². The van der Waals surface area contributed by atoms with Crippen molar-refractivity contribution < 1.29 is 10.2 Å². The molecule has 0 aromatic heterocycles. The summed E-state index contributed by atoms with van der Waals surface area (Å²) in [5, 5.41) is 23.3. The number of aliphatic hydroxyl groups is 2. The normalized spacial score (nSPS) is 24.1. The summed E-state index contributed by atoms with van der Waals surface area (Å²) < 4.78 is 0.835. The molecule has 4 unspecified atom stereocenters. The first kappa shape index (κ1) is 23.4. The monoisotopic (exact) mass is 490 g/mol. The van der Waals surface area contributed by atoms with Gasteiger partial charge in [0.05, 0.1) is 22.4 Å². The van der Waals surface area contributed by atoms with Crippen molar-refractivity contribution in [3.8, 4) is 0 Å². The van der Waals surface area contributed by atoms with Crippen LogP contribution in [0.3, 0.4) is 0 Å². The molecule has 154 valence electrons. The lowest BCUT2D eigenvalue weighted by atomic mass is 9.90. The molecule has 8 heteroatoms. The zero-order chi connectivity index (χ0) is 19.9. The third-order valence-electron chi connectivity index (χ3n) is 4.66. The fourth-order valence-electron chi connectivity index (χ4n) is 3.37. The van der Waals surface area contributed by atoms with E-state index in [1.54, 1.807) is 0 Å². The Labute approximate surface area is 193 Å². The van der Waals surface area contributed by atoms with Crippen LogP contribution in [0.5, 0.6) is 0 Å². The van der Waals surface area contributed by atoms with Crippen LogP contribution >= 0.6 is 70.6 Å². The average Bonchev–Trinajstić information content (AvgIpc) is 3.40. The Kier molecular flexibility index (Phi) is 9.97. The van der Waals surface area contributed by atoms with Crippen molar-refractivity contribution in [2.75, 3.05) is 37.2 Å². The summed E-state index contributed by atoms with van der Waals surface area (Å²) >= 11 is 11.2. The van der Waals surface area contributed by atoms with E-state index in [1.165, 1.54) is 11.1 Å². The van der Waals surface area contributed by atoms with E-state index in [9.17, 15) is 10.2 Å². The number of thioether (sulfide) groups is 6. The van der Waals surface area contributed by atoms with Gasteiger partial charge in [0.1, 0.15) is 0 Å². The molecule has 2 aliphatic rings. The largest absolute Gasteiger partial charge is 0.391 e. The van der Waals surface area contributed by atoms with Crippen molar-refractivity contribution in [2.24, 2.45) is 0 Å². The van der Waals surface area contributed by atoms with E-state index in [-0.39, 0.29) is 13.2 Å². The van der Waals surface area contributed by atoms with Crippen molar-refractivity contribution in [2.45, 2.75) is 21.0 Å². The number of benzene rings is 1. The van der Waals surface area contributed by atoms with Crippen molar-refractivity contribution >= 4 is 70.6 Å². The Morgan fingerprint density at radius 2 is 1.25 bits per heavy atom. The van der Waals surface area contributed by atoms with E-state index in [2.05, 4.69) is 47.6 Å². The van der Waals surface area contributed by atoms with Crippen LogP contribution in [-0.4, -0.2) is 56.6 Å². The molecule has 2 heterocycles. The second kappa shape index (κ2) is 11.9. The molecule has 2 N–H and O–H groups in total. The molecule has 2 nitrogen and oxygen atoms in total. The van der Waals surface area contributed by atoms with Crippen molar-refractivity contribution in [1.82, 2.24) is 0 Å². The van der Waals surface area contributed by atoms with Gasteiger partial charge in [0, 0.05) is 33.2 Å². The lowest BCUT2D eigenvalue weighted by Crippen LogP contribution is -2.20. The van der Waals surface area contributed by atoms with Gasteiger partial charge in [0.25, 0.3) is 0 Å². The van der Waals surface area contributed by atoms with Crippen LogP contribution in [0.15, 0.2) is 44.9 Å². The van der Waals surface area contributed by atoms with Gasteiger partial charge in [-0.25, -0.2) is 0 Å². The van der Waals surface area contributed by atoms with E-state index in [1.807, 2.05) is 70.6 Å². The molecule has 3 rings (SSSR count). The highest BCUT2D eigenvalue weighted by atomic mass is 32.2. The van der Waals surface area contributed by atoms with Crippen LogP contribution in [0.4, 0.5) is 0 Å². The molecule has 0 bridgehead atoms. The second-order valence-electron chi connectivity index (χ2n) is 6.48. The second-order valence-corrected chi connectivity index (χ2v) is 13.5. The lowest BCUT2D eigenvalue weighted by molar-refractivity contribution is 0.339. The molecular formula is C20H26O2S6. The molecule has 0 amide bonds. The molecule has 4 atom stereocenters. The van der Waals surface area contributed by atoms with Gasteiger partial charge >= 0.3 is 0 Å². The van der Waals surface area contributed by atoms with Gasteiger partial charge in [-0.2, -0.15) is 23.5 Å². The van der Waals surface area contributed by atoms with Gasteiger partial charge in [-0.15, -0.1) is 47.0 Å². The SMILES string of the molecule is CSCC(c1ccccc1C(CSC)C1SC=C(CO)S1)C1SC=C(CO)S1. The van der Waals surface area contributed by atoms with Gasteiger partial charge in [0.2, 0.25) is 0 Å². The quantitative estimate of drug-likeness (QED) is 0.423. The molecule has 0 aliphatic carbocycles. The highest BCUT2D eigenvalue weighted by Gasteiger charge is 2.34. The molecule has 2 aliphatic heterocycles. The average molecular weight is 491 g/mol. The minimum absolute atomic E-state index is 0.141. The molecule has 0 saturated carbocycles. The molecule has 1 aromatic carbocycles. The summed E-state index contributed by atoms with van der Waals surface area (Å²) in [4.78, 5) is 2.16. The predicted molar refractivity (Wildman–Crippen MR) is 137 cm³/mol. The molecule has 0 spiro atoms. The van der Waals surface area contributed by atoms with E-state index >= 15 is 0 Å². The minimum Gasteiger partial charge on any atom is -0.391 e. The topological polar surface area (TPSA) is 40.5 Å². The first-order valence-electron chi connectivity index (χ1n) is 9.02. The maximum absolute atomic E-state index is 9.53. The lowest BCUT2D eigenvalue weighted by Gasteiger charge is -2.30. The minimum atomic E-state index is 0.141. The summed E-state index contributed by atoms with van der Waals surface area (Å²) in [6, 6.07) is 8.96. The highest BCUT2D eigenvalue weighted by molar-refractivity contribution is 8.23. The van der Waals surface area contributed by atoms with Crippen molar-refractivity contribution in [3.63, 3.8) is 0 Å². The van der Waals surface area contributed by atoms with Crippen LogP contribution in [-0.2, 0) is 0 Å². The third-order valence-corrected chi connectivity index (χ3v) is 11.8. The van der Waals surface area contributed by atoms with Gasteiger partial charge in [-0.1, -0.05) is 24.3 Å². The standard InChI is InChI=1S/C20H26O2S6/c1-23-11-17(19-25-9-13(7-21)27-19)15-5-3-4-6-16(15)18(12-24-2)20-26-10-14(8-22)28-20/h3-6,9-10,17-22H,7-8,11-12H2,1-2H3. The smallest absolute Gasteiger partial charge is 0.0746 e. The zero-order valence-corrected chi connectivity index (χ0v) is 20.8. The molecule has 0 radical (unpaired) electrons. The molecule has 0 fully saturated rings. The maximum Gasteiger partial charge on any atom is 0.0746 e. The van der Waals surface area contributed by atoms with Crippen molar-refractivity contribution in [3.05, 3.63) is 56.0 Å². The van der Waals surface area contributed by atoms with E-state index in [0.717, 1.165) is 21.3 Å². The summed E-state index contributed by atoms with van der Waals surface area (Å²) in [5.41, 5.74) is 2.90. The van der Waals surface area contributed by atoms with Gasteiger partial charge < -0.3 is 10.2 Å². The Hall–Kier alpha value is 0.720. The van der Waals surface area contributed by atoms with E-state index in [0.29, 0.717) is 21.0 Å². The number of aliphatic hydroxyl groups excluding tert-OH is 2. The Bertz CT molecular complexity index is 649. The molecule has 1 aromatic rings. The fourth-order valence-corrected chi connectivity index (χ4v) is 10.8. The Morgan fingerprint density at radius 3 is 1.57 bits per heavy atom. The zero-order valence-electron chi connectivity index (χ0n) is 15.9. The van der Waals surface area contributed by atoms with Gasteiger partial charge in [-0.3, -0.25) is 0 Å². The first-order chi connectivity index (χ1) is 13.7. The molecular weight excluding hydrogens is 465 g/mol. The predicted octanol–water partition coefficient (Wildman–Crippen LogP) is 5.86. The maximum atomic E-state index is 9.53. The van der Waals surface area contributed by atoms with Crippen LogP contribution in [0, 0.1) is 0 Å². The number of hydrogen-bond donors (Lipinski definition) is 2. The van der Waals surface area contributed by atoms with E-state index in [4.69, 9.17) is 0 Å². The fraction of sp³-hybridized carbons (Fsp3) is 0.500.